The van der Waals surface area contributed by atoms with Crippen LogP contribution in [0.1, 0.15) is 6.42 Å². The standard InChI is InChI=1S/C5H6O/c1-2-4-3-5(4)6/h2,4H,1,3H2. The summed E-state index contributed by atoms with van der Waals surface area (Å²) >= 11 is 0. The van der Waals surface area contributed by atoms with Crippen molar-refractivity contribution >= 4 is 5.78 Å². The molecule has 0 aromatic heterocycles. The van der Waals surface area contributed by atoms with Crippen LogP contribution in [0.25, 0.3) is 0 Å². The van der Waals surface area contributed by atoms with E-state index >= 15 is 0 Å². The van der Waals surface area contributed by atoms with Crippen LogP contribution in [0.15, 0.2) is 12.7 Å². The van der Waals surface area contributed by atoms with E-state index in [0.29, 0.717) is 5.78 Å². The van der Waals surface area contributed by atoms with Crippen molar-refractivity contribution in [1.82, 2.24) is 0 Å². The fourth-order valence-corrected chi connectivity index (χ4v) is 0.373. The number of hydrogen-bond acceptors (Lipinski definition) is 1. The first-order valence-electron chi connectivity index (χ1n) is 2.00. The van der Waals surface area contributed by atoms with Crippen LogP contribution in [-0.4, -0.2) is 5.78 Å². The molecule has 0 amide bonds. The van der Waals surface area contributed by atoms with Gasteiger partial charge in [0.25, 0.3) is 0 Å². The van der Waals surface area contributed by atoms with Crippen LogP contribution >= 0.6 is 0 Å². The Kier molecular flexibility index (Phi) is 0.560. The van der Waals surface area contributed by atoms with Gasteiger partial charge in [0.05, 0.1) is 0 Å². The molecule has 1 heteroatoms. The SMILES string of the molecule is C=CC1CC1=O. The molecule has 0 aromatic carbocycles. The van der Waals surface area contributed by atoms with Crippen molar-refractivity contribution in [1.29, 1.82) is 0 Å². The van der Waals surface area contributed by atoms with Crippen molar-refractivity contribution in [3.63, 3.8) is 0 Å². The minimum absolute atomic E-state index is 0.227. The largest absolute Gasteiger partial charge is 0.299 e. The summed E-state index contributed by atoms with van der Waals surface area (Å²) in [6, 6.07) is 0. The first-order valence-corrected chi connectivity index (χ1v) is 2.00. The molecule has 1 rings (SSSR count). The molecule has 1 nitrogen and oxygen atoms in total. The minimum Gasteiger partial charge on any atom is -0.299 e. The highest BCUT2D eigenvalue weighted by atomic mass is 16.1. The number of carbonyl (C=O) groups is 1. The van der Waals surface area contributed by atoms with Crippen LogP contribution in [0.5, 0.6) is 0 Å². The molecule has 0 bridgehead atoms. The van der Waals surface area contributed by atoms with Gasteiger partial charge in [-0.15, -0.1) is 6.58 Å². The van der Waals surface area contributed by atoms with Crippen LogP contribution in [0.4, 0.5) is 0 Å². The summed E-state index contributed by atoms with van der Waals surface area (Å²) in [6.07, 6.45) is 2.44. The highest BCUT2D eigenvalue weighted by molar-refractivity contribution is 5.97. The normalized spacial score (nSPS) is 30.0. The summed E-state index contributed by atoms with van der Waals surface area (Å²) in [5, 5.41) is 0. The fourth-order valence-electron chi connectivity index (χ4n) is 0.373. The Bertz CT molecular complexity index is 94.1. The van der Waals surface area contributed by atoms with E-state index in [1.807, 2.05) is 0 Å². The maximum absolute atomic E-state index is 10.0. The lowest BCUT2D eigenvalue weighted by molar-refractivity contribution is -0.110. The third kappa shape index (κ3) is 0.361. The van der Waals surface area contributed by atoms with E-state index in [-0.39, 0.29) is 5.92 Å². The van der Waals surface area contributed by atoms with Gasteiger partial charge in [0.15, 0.2) is 0 Å². The molecule has 1 unspecified atom stereocenters. The Morgan fingerprint density at radius 1 is 2.00 bits per heavy atom. The Labute approximate surface area is 36.7 Å². The summed E-state index contributed by atoms with van der Waals surface area (Å²) in [7, 11) is 0. The summed E-state index contributed by atoms with van der Waals surface area (Å²) in [4.78, 5) is 10.0. The van der Waals surface area contributed by atoms with E-state index < -0.39 is 0 Å². The van der Waals surface area contributed by atoms with E-state index in [9.17, 15) is 4.79 Å². The van der Waals surface area contributed by atoms with Gasteiger partial charge in [0, 0.05) is 12.3 Å². The van der Waals surface area contributed by atoms with E-state index in [2.05, 4.69) is 6.58 Å². The molecular weight excluding hydrogens is 76.1 g/mol. The highest BCUT2D eigenvalue weighted by Gasteiger charge is 2.30. The number of rotatable bonds is 1. The quantitative estimate of drug-likeness (QED) is 0.427. The van der Waals surface area contributed by atoms with Gasteiger partial charge in [-0.1, -0.05) is 6.08 Å². The third-order valence-electron chi connectivity index (χ3n) is 0.959. The second-order valence-electron chi connectivity index (χ2n) is 1.51. The summed E-state index contributed by atoms with van der Waals surface area (Å²) in [5.41, 5.74) is 0. The van der Waals surface area contributed by atoms with Crippen LogP contribution in [0.3, 0.4) is 0 Å². The summed E-state index contributed by atoms with van der Waals surface area (Å²) in [5.74, 6) is 0.565. The van der Waals surface area contributed by atoms with E-state index in [4.69, 9.17) is 0 Å². The molecule has 6 heavy (non-hydrogen) atoms. The molecule has 0 saturated heterocycles. The van der Waals surface area contributed by atoms with Gasteiger partial charge in [-0.2, -0.15) is 0 Å². The molecule has 0 radical (unpaired) electrons. The smallest absolute Gasteiger partial charge is 0.141 e. The van der Waals surface area contributed by atoms with Crippen LogP contribution in [0.2, 0.25) is 0 Å². The van der Waals surface area contributed by atoms with Crippen molar-refractivity contribution in [2.75, 3.05) is 0 Å². The zero-order valence-electron chi connectivity index (χ0n) is 3.48. The molecule has 1 atom stereocenters. The Balaban J connectivity index is 2.44. The molecule has 0 aliphatic heterocycles. The molecule has 1 saturated carbocycles. The lowest BCUT2D eigenvalue weighted by Gasteiger charge is -1.61. The van der Waals surface area contributed by atoms with Gasteiger partial charge in [0.1, 0.15) is 5.78 Å². The molecule has 0 heterocycles. The number of Topliss-reactive ketones (excluding diaryl/α,β-unsaturated/α-hetero) is 1. The lowest BCUT2D eigenvalue weighted by Crippen LogP contribution is -1.64. The van der Waals surface area contributed by atoms with E-state index in [0.717, 1.165) is 6.42 Å². The first-order chi connectivity index (χ1) is 2.84. The zero-order chi connectivity index (χ0) is 4.57. The lowest BCUT2D eigenvalue weighted by atomic mass is 10.4. The highest BCUT2D eigenvalue weighted by Crippen LogP contribution is 2.23. The molecule has 0 spiro atoms. The van der Waals surface area contributed by atoms with Crippen molar-refractivity contribution in [3.05, 3.63) is 12.7 Å². The van der Waals surface area contributed by atoms with Gasteiger partial charge in [-0.25, -0.2) is 0 Å². The molecule has 0 aromatic rings. The number of ketones is 1. The predicted octanol–water partition coefficient (Wildman–Crippen LogP) is 0.761. The van der Waals surface area contributed by atoms with Crippen LogP contribution < -0.4 is 0 Å². The maximum atomic E-state index is 10.0. The summed E-state index contributed by atoms with van der Waals surface area (Å²) in [6.45, 7) is 3.45. The van der Waals surface area contributed by atoms with Gasteiger partial charge in [0.2, 0.25) is 0 Å². The molecular formula is C5H6O. The van der Waals surface area contributed by atoms with E-state index in [1.54, 1.807) is 6.08 Å². The predicted molar refractivity (Wildman–Crippen MR) is 23.3 cm³/mol. The topological polar surface area (TPSA) is 17.1 Å². The van der Waals surface area contributed by atoms with Crippen molar-refractivity contribution in [2.24, 2.45) is 5.92 Å². The molecule has 1 fully saturated rings. The second-order valence-corrected chi connectivity index (χ2v) is 1.51. The fraction of sp³-hybridized carbons (Fsp3) is 0.400. The molecule has 1 aliphatic rings. The molecule has 0 N–H and O–H groups in total. The second kappa shape index (κ2) is 0.934. The van der Waals surface area contributed by atoms with Crippen molar-refractivity contribution in [3.8, 4) is 0 Å². The Morgan fingerprint density at radius 2 is 2.50 bits per heavy atom. The minimum atomic E-state index is 0.227. The Morgan fingerprint density at radius 3 is 2.50 bits per heavy atom. The third-order valence-corrected chi connectivity index (χ3v) is 0.959. The van der Waals surface area contributed by atoms with Crippen LogP contribution in [0, 0.1) is 5.92 Å². The van der Waals surface area contributed by atoms with Crippen molar-refractivity contribution in [2.45, 2.75) is 6.42 Å². The molecule has 32 valence electrons. The zero-order valence-corrected chi connectivity index (χ0v) is 3.48. The van der Waals surface area contributed by atoms with E-state index in [1.165, 1.54) is 0 Å². The van der Waals surface area contributed by atoms with Gasteiger partial charge in [-0.05, 0) is 0 Å². The maximum Gasteiger partial charge on any atom is 0.141 e. The Hall–Kier alpha value is -0.590. The monoisotopic (exact) mass is 82.0 g/mol. The van der Waals surface area contributed by atoms with Gasteiger partial charge >= 0.3 is 0 Å². The first kappa shape index (κ1) is 3.59. The number of carbonyl (C=O) groups excluding carboxylic acids is 1. The summed E-state index contributed by atoms with van der Waals surface area (Å²) < 4.78 is 0. The van der Waals surface area contributed by atoms with Gasteiger partial charge < -0.3 is 0 Å². The number of hydrogen-bond donors (Lipinski definition) is 0. The van der Waals surface area contributed by atoms with Gasteiger partial charge in [-0.3, -0.25) is 4.79 Å². The molecule has 1 aliphatic carbocycles. The van der Waals surface area contributed by atoms with Crippen molar-refractivity contribution < 1.29 is 4.79 Å². The average Bonchev–Trinajstić information content (AvgIpc) is 2.19. The van der Waals surface area contributed by atoms with Crippen LogP contribution in [-0.2, 0) is 4.79 Å². The average molecular weight is 82.1 g/mol. The number of allylic oxidation sites excluding steroid dienone is 1.